The Bertz CT molecular complexity index is 327. The maximum absolute atomic E-state index is 3.45. The molecule has 100 valence electrons. The van der Waals surface area contributed by atoms with Gasteiger partial charge in [0.1, 0.15) is 0 Å². The third kappa shape index (κ3) is 4.66. The zero-order valence-corrected chi connectivity index (χ0v) is 12.3. The molecule has 2 rings (SSSR count). The van der Waals surface area contributed by atoms with Crippen molar-refractivity contribution in [2.45, 2.75) is 62.1 Å². The van der Waals surface area contributed by atoms with E-state index in [0.717, 1.165) is 18.3 Å². The van der Waals surface area contributed by atoms with Crippen LogP contribution in [0.3, 0.4) is 0 Å². The molecule has 1 fully saturated rings. The number of benzene rings is 1. The van der Waals surface area contributed by atoms with Gasteiger partial charge in [0.05, 0.1) is 0 Å². The van der Waals surface area contributed by atoms with Gasteiger partial charge in [0.25, 0.3) is 0 Å². The third-order valence-electron chi connectivity index (χ3n) is 3.53. The van der Waals surface area contributed by atoms with Crippen LogP contribution in [0, 0.1) is 0 Å². The monoisotopic (exact) mass is 263 g/mol. The Balaban J connectivity index is 1.79. The lowest BCUT2D eigenvalue weighted by atomic mass is 10.0. The number of rotatable bonds is 6. The van der Waals surface area contributed by atoms with Gasteiger partial charge >= 0.3 is 0 Å². The summed E-state index contributed by atoms with van der Waals surface area (Å²) in [5.74, 6) is 0. The molecule has 0 unspecified atom stereocenters. The van der Waals surface area contributed by atoms with E-state index in [1.165, 1.54) is 49.0 Å². The average Bonchev–Trinajstić information content (AvgIpc) is 2.42. The van der Waals surface area contributed by atoms with Gasteiger partial charge in [0, 0.05) is 16.7 Å². The molecular formula is C16H25NS. The highest BCUT2D eigenvalue weighted by molar-refractivity contribution is 8.00. The van der Waals surface area contributed by atoms with E-state index in [9.17, 15) is 0 Å². The summed E-state index contributed by atoms with van der Waals surface area (Å²) in [4.78, 5) is 1.45. The largest absolute Gasteiger partial charge is 0.313 e. The van der Waals surface area contributed by atoms with E-state index in [1.807, 2.05) is 0 Å². The second kappa shape index (κ2) is 7.85. The van der Waals surface area contributed by atoms with Crippen LogP contribution in [0.2, 0.25) is 0 Å². The summed E-state index contributed by atoms with van der Waals surface area (Å²) >= 11 is 2.08. The minimum absolute atomic E-state index is 0.864. The van der Waals surface area contributed by atoms with E-state index >= 15 is 0 Å². The van der Waals surface area contributed by atoms with Crippen molar-refractivity contribution in [2.75, 3.05) is 6.54 Å². The highest BCUT2D eigenvalue weighted by Crippen LogP contribution is 2.33. The highest BCUT2D eigenvalue weighted by atomic mass is 32.2. The van der Waals surface area contributed by atoms with Crippen LogP contribution in [0.15, 0.2) is 29.2 Å². The molecule has 1 nitrogen and oxygen atoms in total. The second-order valence-electron chi connectivity index (χ2n) is 5.20. The van der Waals surface area contributed by atoms with Gasteiger partial charge in [-0.05, 0) is 43.5 Å². The second-order valence-corrected chi connectivity index (χ2v) is 6.57. The summed E-state index contributed by atoms with van der Waals surface area (Å²) in [6.07, 6.45) is 8.32. The summed E-state index contributed by atoms with van der Waals surface area (Å²) in [5, 5.41) is 4.31. The predicted molar refractivity (Wildman–Crippen MR) is 81.2 cm³/mol. The Morgan fingerprint density at radius 3 is 2.50 bits per heavy atom. The fourth-order valence-corrected chi connectivity index (χ4v) is 3.72. The van der Waals surface area contributed by atoms with Crippen LogP contribution in [0.1, 0.15) is 51.0 Å². The summed E-state index contributed by atoms with van der Waals surface area (Å²) in [6.45, 7) is 4.32. The van der Waals surface area contributed by atoms with Crippen LogP contribution in [0.5, 0.6) is 0 Å². The summed E-state index contributed by atoms with van der Waals surface area (Å²) in [7, 11) is 0. The van der Waals surface area contributed by atoms with Crippen molar-refractivity contribution < 1.29 is 0 Å². The topological polar surface area (TPSA) is 12.0 Å². The highest BCUT2D eigenvalue weighted by Gasteiger charge is 2.14. The van der Waals surface area contributed by atoms with Gasteiger partial charge < -0.3 is 5.32 Å². The van der Waals surface area contributed by atoms with Crippen molar-refractivity contribution in [3.63, 3.8) is 0 Å². The summed E-state index contributed by atoms with van der Waals surface area (Å²) < 4.78 is 0. The molecule has 0 aliphatic heterocycles. The minimum atomic E-state index is 0.864. The first-order valence-corrected chi connectivity index (χ1v) is 8.23. The lowest BCUT2D eigenvalue weighted by Crippen LogP contribution is -2.13. The summed E-state index contributed by atoms with van der Waals surface area (Å²) in [6, 6.07) is 9.13. The number of hydrogen-bond acceptors (Lipinski definition) is 2. The van der Waals surface area contributed by atoms with Crippen LogP contribution < -0.4 is 5.32 Å². The molecule has 1 aliphatic rings. The zero-order chi connectivity index (χ0) is 12.6. The molecule has 0 radical (unpaired) electrons. The van der Waals surface area contributed by atoms with Crippen LogP contribution in [0.25, 0.3) is 0 Å². The van der Waals surface area contributed by atoms with E-state index in [-0.39, 0.29) is 0 Å². The Morgan fingerprint density at radius 1 is 1.11 bits per heavy atom. The first-order chi connectivity index (χ1) is 8.88. The minimum Gasteiger partial charge on any atom is -0.313 e. The lowest BCUT2D eigenvalue weighted by molar-refractivity contribution is 0.516. The Kier molecular flexibility index (Phi) is 6.09. The fraction of sp³-hybridized carbons (Fsp3) is 0.625. The van der Waals surface area contributed by atoms with Crippen LogP contribution in [-0.2, 0) is 6.54 Å². The van der Waals surface area contributed by atoms with Crippen molar-refractivity contribution in [3.05, 3.63) is 29.8 Å². The van der Waals surface area contributed by atoms with Crippen molar-refractivity contribution >= 4 is 11.8 Å². The van der Waals surface area contributed by atoms with Gasteiger partial charge in [0.2, 0.25) is 0 Å². The molecule has 18 heavy (non-hydrogen) atoms. The molecule has 1 saturated carbocycles. The molecule has 1 aromatic rings. The van der Waals surface area contributed by atoms with Crippen molar-refractivity contribution in [2.24, 2.45) is 0 Å². The van der Waals surface area contributed by atoms with E-state index < -0.39 is 0 Å². The van der Waals surface area contributed by atoms with Crippen LogP contribution in [0.4, 0.5) is 0 Å². The van der Waals surface area contributed by atoms with Crippen molar-refractivity contribution in [3.8, 4) is 0 Å². The number of thioether (sulfide) groups is 1. The van der Waals surface area contributed by atoms with Gasteiger partial charge in [-0.15, -0.1) is 11.8 Å². The molecule has 0 aromatic heterocycles. The van der Waals surface area contributed by atoms with Gasteiger partial charge in [-0.2, -0.15) is 0 Å². The molecule has 0 heterocycles. The molecule has 1 aliphatic carbocycles. The van der Waals surface area contributed by atoms with E-state index in [2.05, 4.69) is 48.3 Å². The molecule has 0 spiro atoms. The van der Waals surface area contributed by atoms with Crippen LogP contribution >= 0.6 is 11.8 Å². The number of nitrogens with one attached hydrogen (secondary N) is 1. The summed E-state index contributed by atoms with van der Waals surface area (Å²) in [5.41, 5.74) is 1.40. The Morgan fingerprint density at radius 2 is 1.83 bits per heavy atom. The van der Waals surface area contributed by atoms with Crippen molar-refractivity contribution in [1.82, 2.24) is 5.32 Å². The van der Waals surface area contributed by atoms with Gasteiger partial charge in [0.15, 0.2) is 0 Å². The molecular weight excluding hydrogens is 238 g/mol. The lowest BCUT2D eigenvalue weighted by Gasteiger charge is -2.20. The molecule has 0 saturated heterocycles. The predicted octanol–water partition coefficient (Wildman–Crippen LogP) is 4.61. The maximum Gasteiger partial charge on any atom is 0.0205 e. The first-order valence-electron chi connectivity index (χ1n) is 7.35. The van der Waals surface area contributed by atoms with E-state index in [1.54, 1.807) is 0 Å². The smallest absolute Gasteiger partial charge is 0.0205 e. The molecule has 0 bridgehead atoms. The van der Waals surface area contributed by atoms with Gasteiger partial charge in [-0.1, -0.05) is 38.3 Å². The third-order valence-corrected chi connectivity index (χ3v) is 4.88. The SMILES string of the molecule is CCCNCc1ccc(SC2CCCCC2)cc1. The maximum atomic E-state index is 3.45. The fourth-order valence-electron chi connectivity index (χ4n) is 2.47. The number of hydrogen-bond donors (Lipinski definition) is 1. The van der Waals surface area contributed by atoms with Gasteiger partial charge in [-0.25, -0.2) is 0 Å². The first kappa shape index (κ1) is 14.0. The normalized spacial score (nSPS) is 16.9. The quantitative estimate of drug-likeness (QED) is 0.752. The van der Waals surface area contributed by atoms with Gasteiger partial charge in [-0.3, -0.25) is 0 Å². The van der Waals surface area contributed by atoms with Crippen LogP contribution in [-0.4, -0.2) is 11.8 Å². The van der Waals surface area contributed by atoms with E-state index in [4.69, 9.17) is 0 Å². The molecule has 1 aromatic carbocycles. The zero-order valence-electron chi connectivity index (χ0n) is 11.5. The molecule has 1 N–H and O–H groups in total. The van der Waals surface area contributed by atoms with Crippen molar-refractivity contribution in [1.29, 1.82) is 0 Å². The molecule has 2 heteroatoms. The van der Waals surface area contributed by atoms with E-state index in [0.29, 0.717) is 0 Å². The molecule has 0 atom stereocenters. The Labute approximate surface area is 116 Å². The average molecular weight is 263 g/mol. The Hall–Kier alpha value is -0.470. The standard InChI is InChI=1S/C16H25NS/c1-2-12-17-13-14-8-10-16(11-9-14)18-15-6-4-3-5-7-15/h8-11,15,17H,2-7,12-13H2,1H3. The molecule has 0 amide bonds.